The Balaban J connectivity index is 1.72. The minimum Gasteiger partial charge on any atom is -0.272 e. The van der Waals surface area contributed by atoms with Crippen molar-refractivity contribution in [1.29, 1.82) is 0 Å². The molecule has 1 aliphatic carbocycles. The number of carbonyl (C=O) groups is 3. The van der Waals surface area contributed by atoms with Crippen LogP contribution in [0.5, 0.6) is 0 Å². The molecule has 2 fully saturated rings. The zero-order chi connectivity index (χ0) is 22.1. The molecule has 2 atom stereocenters. The number of halogens is 1. The van der Waals surface area contributed by atoms with E-state index in [4.69, 9.17) is 11.6 Å². The summed E-state index contributed by atoms with van der Waals surface area (Å²) in [4.78, 5) is 50.2. The fourth-order valence-corrected chi connectivity index (χ4v) is 4.41. The smallest absolute Gasteiger partial charge is 0.272 e. The summed E-state index contributed by atoms with van der Waals surface area (Å²) in [5.41, 5.74) is 0.447. The average Bonchev–Trinajstić information content (AvgIpc) is 3.03. The molecule has 2 aromatic rings. The summed E-state index contributed by atoms with van der Waals surface area (Å²) < 4.78 is 0. The van der Waals surface area contributed by atoms with Gasteiger partial charge in [-0.25, -0.2) is 5.01 Å². The van der Waals surface area contributed by atoms with Gasteiger partial charge >= 0.3 is 0 Å². The van der Waals surface area contributed by atoms with E-state index >= 15 is 0 Å². The Morgan fingerprint density at radius 1 is 1.06 bits per heavy atom. The van der Waals surface area contributed by atoms with Crippen LogP contribution in [0.3, 0.4) is 0 Å². The number of non-ortho nitro benzene ring substituents is 1. The fraction of sp³-hybridized carbons (Fsp3) is 0.318. The van der Waals surface area contributed by atoms with Crippen molar-refractivity contribution < 1.29 is 19.3 Å². The number of hydrogen-bond donors (Lipinski definition) is 0. The maximum atomic E-state index is 13.4. The lowest BCUT2D eigenvalue weighted by Gasteiger charge is -2.30. The van der Waals surface area contributed by atoms with Gasteiger partial charge in [0.1, 0.15) is 0 Å². The first kappa shape index (κ1) is 21.0. The zero-order valence-corrected chi connectivity index (χ0v) is 17.3. The minimum atomic E-state index is -0.654. The van der Waals surface area contributed by atoms with E-state index in [0.29, 0.717) is 23.4 Å². The van der Waals surface area contributed by atoms with Crippen LogP contribution in [-0.4, -0.2) is 32.7 Å². The highest BCUT2D eigenvalue weighted by Gasteiger charge is 2.51. The maximum Gasteiger partial charge on any atom is 0.273 e. The Kier molecular flexibility index (Phi) is 5.73. The van der Waals surface area contributed by atoms with Gasteiger partial charge in [-0.15, -0.1) is 0 Å². The second kappa shape index (κ2) is 8.47. The number of carbonyl (C=O) groups excluding carboxylic acids is 3. The van der Waals surface area contributed by atoms with Crippen LogP contribution in [0.15, 0.2) is 48.5 Å². The first-order valence-electron chi connectivity index (χ1n) is 10.1. The highest BCUT2D eigenvalue weighted by molar-refractivity contribution is 6.30. The molecular weight excluding hydrogens is 422 g/mol. The molecule has 2 aromatic carbocycles. The number of benzene rings is 2. The first-order chi connectivity index (χ1) is 14.9. The minimum absolute atomic E-state index is 0.0265. The van der Waals surface area contributed by atoms with Gasteiger partial charge in [0.15, 0.2) is 0 Å². The van der Waals surface area contributed by atoms with E-state index in [2.05, 4.69) is 0 Å². The molecule has 31 heavy (non-hydrogen) atoms. The number of nitro benzene ring substituents is 1. The quantitative estimate of drug-likeness (QED) is 0.397. The van der Waals surface area contributed by atoms with E-state index in [0.717, 1.165) is 28.9 Å². The van der Waals surface area contributed by atoms with Gasteiger partial charge in [-0.2, -0.15) is 5.01 Å². The Labute approximate surface area is 183 Å². The van der Waals surface area contributed by atoms with Gasteiger partial charge in [0, 0.05) is 22.7 Å². The van der Waals surface area contributed by atoms with Crippen LogP contribution in [0.4, 0.5) is 5.69 Å². The molecular formula is C22H20ClN3O5. The summed E-state index contributed by atoms with van der Waals surface area (Å²) in [6.45, 7) is -0.0460. The normalized spacial score (nSPS) is 20.5. The third kappa shape index (κ3) is 4.03. The number of hydrogen-bond acceptors (Lipinski definition) is 5. The molecule has 0 radical (unpaired) electrons. The van der Waals surface area contributed by atoms with E-state index in [1.54, 1.807) is 24.3 Å². The summed E-state index contributed by atoms with van der Waals surface area (Å²) >= 11 is 5.95. The first-order valence-corrected chi connectivity index (χ1v) is 10.4. The molecule has 4 rings (SSSR count). The number of nitrogens with zero attached hydrogens (tertiary/aromatic N) is 3. The number of nitro groups is 1. The lowest BCUT2D eigenvalue weighted by atomic mass is 9.81. The second-order valence-corrected chi connectivity index (χ2v) is 8.22. The van der Waals surface area contributed by atoms with Gasteiger partial charge in [0.05, 0.1) is 23.3 Å². The van der Waals surface area contributed by atoms with Crippen molar-refractivity contribution in [2.24, 2.45) is 11.8 Å². The van der Waals surface area contributed by atoms with E-state index in [1.807, 2.05) is 0 Å². The summed E-state index contributed by atoms with van der Waals surface area (Å²) in [5, 5.41) is 13.7. The van der Waals surface area contributed by atoms with Crippen LogP contribution in [0.25, 0.3) is 0 Å². The lowest BCUT2D eigenvalue weighted by Crippen LogP contribution is -2.49. The lowest BCUT2D eigenvalue weighted by molar-refractivity contribution is -0.384. The average molecular weight is 442 g/mol. The predicted octanol–water partition coefficient (Wildman–Crippen LogP) is 3.98. The SMILES string of the molecule is O=C(c1cccc([N+](=O)[O-])c1)N(Cc1ccc(Cl)cc1)N1C(=O)[C@H]2CCCC[C@@H]2C1=O. The molecule has 0 spiro atoms. The van der Waals surface area contributed by atoms with Crippen LogP contribution in [0.1, 0.15) is 41.6 Å². The van der Waals surface area contributed by atoms with Gasteiger partial charge in [-0.05, 0) is 36.6 Å². The highest BCUT2D eigenvalue weighted by atomic mass is 35.5. The molecule has 0 bridgehead atoms. The molecule has 3 amide bonds. The third-order valence-electron chi connectivity index (χ3n) is 5.84. The van der Waals surface area contributed by atoms with Crippen LogP contribution < -0.4 is 0 Å². The van der Waals surface area contributed by atoms with Gasteiger partial charge in [0.2, 0.25) is 0 Å². The fourth-order valence-electron chi connectivity index (χ4n) is 4.28. The zero-order valence-electron chi connectivity index (χ0n) is 16.6. The van der Waals surface area contributed by atoms with Crippen molar-refractivity contribution in [3.8, 4) is 0 Å². The summed E-state index contributed by atoms with van der Waals surface area (Å²) in [6.07, 6.45) is 2.96. The van der Waals surface area contributed by atoms with Crippen molar-refractivity contribution >= 4 is 35.0 Å². The van der Waals surface area contributed by atoms with E-state index in [-0.39, 0.29) is 29.6 Å². The molecule has 9 heteroatoms. The molecule has 1 saturated heterocycles. The van der Waals surface area contributed by atoms with Gasteiger partial charge in [-0.3, -0.25) is 24.5 Å². The molecule has 1 saturated carbocycles. The van der Waals surface area contributed by atoms with Crippen LogP contribution in [0, 0.1) is 22.0 Å². The molecule has 2 aliphatic rings. The molecule has 0 N–H and O–H groups in total. The van der Waals surface area contributed by atoms with Gasteiger partial charge < -0.3 is 0 Å². The number of fused-ring (bicyclic) bond motifs is 1. The largest absolute Gasteiger partial charge is 0.273 e. The van der Waals surface area contributed by atoms with Crippen molar-refractivity contribution in [2.45, 2.75) is 32.2 Å². The van der Waals surface area contributed by atoms with E-state index in [9.17, 15) is 24.5 Å². The number of rotatable bonds is 5. The topological polar surface area (TPSA) is 101 Å². The summed E-state index contributed by atoms with van der Waals surface area (Å²) in [6, 6.07) is 12.0. The van der Waals surface area contributed by atoms with Crippen LogP contribution in [-0.2, 0) is 16.1 Å². The second-order valence-electron chi connectivity index (χ2n) is 7.78. The van der Waals surface area contributed by atoms with Crippen molar-refractivity contribution in [3.63, 3.8) is 0 Å². The number of imide groups is 1. The maximum absolute atomic E-state index is 13.4. The van der Waals surface area contributed by atoms with Crippen LogP contribution >= 0.6 is 11.6 Å². The van der Waals surface area contributed by atoms with Crippen molar-refractivity contribution in [3.05, 3.63) is 74.8 Å². The molecule has 1 heterocycles. The molecule has 160 valence electrons. The Morgan fingerprint density at radius 2 is 1.68 bits per heavy atom. The van der Waals surface area contributed by atoms with E-state index in [1.165, 1.54) is 18.2 Å². The molecule has 1 aliphatic heterocycles. The van der Waals surface area contributed by atoms with Gasteiger partial charge in [0.25, 0.3) is 23.4 Å². The number of hydrazine groups is 1. The van der Waals surface area contributed by atoms with Gasteiger partial charge in [-0.1, -0.05) is 42.6 Å². The molecule has 8 nitrogen and oxygen atoms in total. The Hall–Kier alpha value is -3.26. The van der Waals surface area contributed by atoms with Crippen molar-refractivity contribution in [1.82, 2.24) is 10.0 Å². The molecule has 0 aromatic heterocycles. The third-order valence-corrected chi connectivity index (χ3v) is 6.10. The summed E-state index contributed by atoms with van der Waals surface area (Å²) in [7, 11) is 0. The van der Waals surface area contributed by atoms with E-state index < -0.39 is 22.7 Å². The predicted molar refractivity (Wildman–Crippen MR) is 112 cm³/mol. The highest BCUT2D eigenvalue weighted by Crippen LogP contribution is 2.39. The standard InChI is InChI=1S/C22H20ClN3O5/c23-16-10-8-14(9-11-16)13-24(20(27)15-4-3-5-17(12-15)26(30)31)25-21(28)18-6-1-2-7-19(18)22(25)29/h3-5,8-12,18-19H,1-2,6-7,13H2/t18-,19-/m0/s1. The Morgan fingerprint density at radius 3 is 2.26 bits per heavy atom. The van der Waals surface area contributed by atoms with Crippen molar-refractivity contribution in [2.75, 3.05) is 0 Å². The number of amides is 3. The molecule has 0 unspecified atom stereocenters. The monoisotopic (exact) mass is 441 g/mol. The van der Waals surface area contributed by atoms with Crippen LogP contribution in [0.2, 0.25) is 5.02 Å². The summed E-state index contributed by atoms with van der Waals surface area (Å²) in [5.74, 6) is -2.28. The Bertz CT molecular complexity index is 1030.